The van der Waals surface area contributed by atoms with Crippen LogP contribution in [0.1, 0.15) is 18.6 Å². The third-order valence-corrected chi connectivity index (χ3v) is 5.40. The molecule has 0 radical (unpaired) electrons. The molecule has 0 fully saturated rings. The first-order chi connectivity index (χ1) is 15.4. The zero-order chi connectivity index (χ0) is 22.8. The highest BCUT2D eigenvalue weighted by molar-refractivity contribution is 6.31. The Morgan fingerprint density at radius 3 is 2.31 bits per heavy atom. The van der Waals surface area contributed by atoms with Gasteiger partial charge in [-0.05, 0) is 67.6 Å². The zero-order valence-electron chi connectivity index (χ0n) is 16.9. The van der Waals surface area contributed by atoms with Gasteiger partial charge in [-0.15, -0.1) is 0 Å². The quantitative estimate of drug-likeness (QED) is 0.425. The van der Waals surface area contributed by atoms with Crippen molar-refractivity contribution in [2.24, 2.45) is 0 Å². The second kappa shape index (κ2) is 9.20. The van der Waals surface area contributed by atoms with E-state index in [1.54, 1.807) is 60.4 Å². The van der Waals surface area contributed by atoms with Gasteiger partial charge >= 0.3 is 5.97 Å². The maximum absolute atomic E-state index is 14.1. The predicted molar refractivity (Wildman–Crippen MR) is 121 cm³/mol. The fraction of sp³-hybridized carbons (Fsp3) is 0.125. The van der Waals surface area contributed by atoms with Crippen LogP contribution >= 0.6 is 23.2 Å². The van der Waals surface area contributed by atoms with Gasteiger partial charge in [-0.3, -0.25) is 0 Å². The number of carbonyl (C=O) groups excluding carboxylic acids is 1. The van der Waals surface area contributed by atoms with Gasteiger partial charge in [0.15, 0.2) is 0 Å². The van der Waals surface area contributed by atoms with Crippen molar-refractivity contribution in [1.82, 2.24) is 0 Å². The molecule has 1 N–H and O–H groups in total. The molecule has 0 aromatic heterocycles. The normalized spacial score (nSPS) is 15.1. The average molecular weight is 474 g/mol. The van der Waals surface area contributed by atoms with Gasteiger partial charge in [0.25, 0.3) is 0 Å². The monoisotopic (exact) mass is 473 g/mol. The van der Waals surface area contributed by atoms with Crippen molar-refractivity contribution in [3.63, 3.8) is 0 Å². The number of anilines is 2. The lowest BCUT2D eigenvalue weighted by molar-refractivity contribution is -0.139. The fourth-order valence-electron chi connectivity index (χ4n) is 3.33. The summed E-state index contributed by atoms with van der Waals surface area (Å²) in [5.74, 6) is -0.171. The van der Waals surface area contributed by atoms with Crippen LogP contribution < -0.4 is 9.64 Å². The van der Waals surface area contributed by atoms with Crippen LogP contribution in [0.25, 0.3) is 0 Å². The van der Waals surface area contributed by atoms with E-state index in [2.05, 4.69) is 0 Å². The molecule has 0 spiro atoms. The molecule has 0 saturated heterocycles. The lowest BCUT2D eigenvalue weighted by Crippen LogP contribution is -2.25. The SMILES string of the molecule is CCOC(=O)C1=CN(c2ccc(Oc3ccc(Cl)cc3)cc2)c2cc(Cl)c(F)cc2C1O. The van der Waals surface area contributed by atoms with E-state index in [0.29, 0.717) is 27.9 Å². The van der Waals surface area contributed by atoms with Crippen LogP contribution in [0.5, 0.6) is 11.5 Å². The average Bonchev–Trinajstić information content (AvgIpc) is 2.78. The molecule has 0 bridgehead atoms. The number of rotatable bonds is 5. The molecule has 164 valence electrons. The molecule has 3 aromatic carbocycles. The number of carbonyl (C=O) groups is 1. The van der Waals surface area contributed by atoms with Crippen molar-refractivity contribution >= 4 is 40.5 Å². The van der Waals surface area contributed by atoms with Gasteiger partial charge in [-0.1, -0.05) is 23.2 Å². The lowest BCUT2D eigenvalue weighted by atomic mass is 9.95. The van der Waals surface area contributed by atoms with E-state index in [1.807, 2.05) is 0 Å². The van der Waals surface area contributed by atoms with Crippen molar-refractivity contribution in [2.45, 2.75) is 13.0 Å². The summed E-state index contributed by atoms with van der Waals surface area (Å²) >= 11 is 11.9. The summed E-state index contributed by atoms with van der Waals surface area (Å²) in [5, 5.41) is 11.2. The van der Waals surface area contributed by atoms with Crippen LogP contribution in [0.4, 0.5) is 15.8 Å². The molecule has 1 atom stereocenters. The van der Waals surface area contributed by atoms with Gasteiger partial charge in [-0.25, -0.2) is 9.18 Å². The molecule has 32 heavy (non-hydrogen) atoms. The summed E-state index contributed by atoms with van der Waals surface area (Å²) in [6.45, 7) is 1.81. The Morgan fingerprint density at radius 2 is 1.69 bits per heavy atom. The van der Waals surface area contributed by atoms with Crippen LogP contribution in [-0.2, 0) is 9.53 Å². The third kappa shape index (κ3) is 4.43. The summed E-state index contributed by atoms with van der Waals surface area (Å²) in [4.78, 5) is 14.0. The van der Waals surface area contributed by atoms with Gasteiger partial charge in [0, 0.05) is 22.5 Å². The summed E-state index contributed by atoms with van der Waals surface area (Å²) in [6, 6.07) is 16.5. The first kappa shape index (κ1) is 22.1. The number of fused-ring (bicyclic) bond motifs is 1. The number of hydrogen-bond acceptors (Lipinski definition) is 5. The Balaban J connectivity index is 1.70. The van der Waals surface area contributed by atoms with Crippen LogP contribution in [0, 0.1) is 5.82 Å². The summed E-state index contributed by atoms with van der Waals surface area (Å²) in [6.07, 6.45) is 0.119. The molecule has 1 unspecified atom stereocenters. The minimum Gasteiger partial charge on any atom is -0.463 e. The van der Waals surface area contributed by atoms with Gasteiger partial charge in [0.2, 0.25) is 0 Å². The van der Waals surface area contributed by atoms with E-state index in [1.165, 1.54) is 12.3 Å². The molecule has 0 aliphatic carbocycles. The van der Waals surface area contributed by atoms with E-state index in [0.717, 1.165) is 6.07 Å². The van der Waals surface area contributed by atoms with Gasteiger partial charge in [0.1, 0.15) is 23.4 Å². The summed E-state index contributed by atoms with van der Waals surface area (Å²) < 4.78 is 25.0. The molecule has 4 rings (SSSR count). The Labute approximate surface area is 194 Å². The van der Waals surface area contributed by atoms with E-state index in [4.69, 9.17) is 32.7 Å². The summed E-state index contributed by atoms with van der Waals surface area (Å²) in [5.41, 5.74) is 1.29. The number of ether oxygens (including phenoxy) is 2. The Kier molecular flexibility index (Phi) is 6.37. The minimum absolute atomic E-state index is 0.0115. The van der Waals surface area contributed by atoms with E-state index >= 15 is 0 Å². The number of aliphatic hydroxyl groups excluding tert-OH is 1. The molecule has 0 saturated carbocycles. The molecule has 1 heterocycles. The predicted octanol–water partition coefficient (Wildman–Crippen LogP) is 6.56. The standard InChI is InChI=1S/C24H18Cl2FNO4/c1-2-31-24(30)19-13-28(22-12-20(26)21(27)11-18(22)23(19)29)15-5-9-17(10-6-15)32-16-7-3-14(25)4-8-16/h3-13,23,29H,2H2,1H3. The van der Waals surface area contributed by atoms with Crippen LogP contribution in [0.15, 0.2) is 72.4 Å². The highest BCUT2D eigenvalue weighted by Gasteiger charge is 2.32. The zero-order valence-corrected chi connectivity index (χ0v) is 18.4. The number of halogens is 3. The number of nitrogens with zero attached hydrogens (tertiary/aromatic N) is 1. The first-order valence-corrected chi connectivity index (χ1v) is 10.5. The summed E-state index contributed by atoms with van der Waals surface area (Å²) in [7, 11) is 0. The van der Waals surface area contributed by atoms with Gasteiger partial charge in [-0.2, -0.15) is 0 Å². The topological polar surface area (TPSA) is 59.0 Å². The molecule has 0 amide bonds. The minimum atomic E-state index is -1.35. The number of hydrogen-bond donors (Lipinski definition) is 1. The van der Waals surface area contributed by atoms with E-state index in [9.17, 15) is 14.3 Å². The molecule has 1 aliphatic rings. The van der Waals surface area contributed by atoms with Crippen molar-refractivity contribution < 1.29 is 23.8 Å². The molecule has 8 heteroatoms. The van der Waals surface area contributed by atoms with Crippen molar-refractivity contribution in [2.75, 3.05) is 11.5 Å². The maximum Gasteiger partial charge on any atom is 0.338 e. The van der Waals surface area contributed by atoms with Crippen LogP contribution in [0.3, 0.4) is 0 Å². The van der Waals surface area contributed by atoms with Crippen molar-refractivity contribution in [3.05, 3.63) is 93.9 Å². The second-order valence-electron chi connectivity index (χ2n) is 6.95. The lowest BCUT2D eigenvalue weighted by Gasteiger charge is -2.32. The fourth-order valence-corrected chi connectivity index (χ4v) is 3.62. The number of aliphatic hydroxyl groups is 1. The Bertz CT molecular complexity index is 1180. The molecular weight excluding hydrogens is 456 g/mol. The van der Waals surface area contributed by atoms with E-state index < -0.39 is 17.9 Å². The number of benzene rings is 3. The first-order valence-electron chi connectivity index (χ1n) is 9.76. The highest BCUT2D eigenvalue weighted by atomic mass is 35.5. The van der Waals surface area contributed by atoms with Crippen LogP contribution in [0.2, 0.25) is 10.0 Å². The molecule has 1 aliphatic heterocycles. The van der Waals surface area contributed by atoms with E-state index in [-0.39, 0.29) is 22.8 Å². The molecule has 3 aromatic rings. The van der Waals surface area contributed by atoms with Crippen molar-refractivity contribution in [1.29, 1.82) is 0 Å². The molecular formula is C24H18Cl2FNO4. The van der Waals surface area contributed by atoms with Gasteiger partial charge in [0.05, 0.1) is 22.9 Å². The Hall–Kier alpha value is -3.06. The highest BCUT2D eigenvalue weighted by Crippen LogP contribution is 2.43. The Morgan fingerprint density at radius 1 is 1.06 bits per heavy atom. The largest absolute Gasteiger partial charge is 0.463 e. The third-order valence-electron chi connectivity index (χ3n) is 4.86. The molecule has 5 nitrogen and oxygen atoms in total. The van der Waals surface area contributed by atoms with Crippen molar-refractivity contribution in [3.8, 4) is 11.5 Å². The smallest absolute Gasteiger partial charge is 0.338 e. The maximum atomic E-state index is 14.1. The second-order valence-corrected chi connectivity index (χ2v) is 7.80. The number of esters is 1. The van der Waals surface area contributed by atoms with Gasteiger partial charge < -0.3 is 19.5 Å². The van der Waals surface area contributed by atoms with Crippen LogP contribution in [-0.4, -0.2) is 17.7 Å².